The third-order valence-corrected chi connectivity index (χ3v) is 4.03. The van der Waals surface area contributed by atoms with Gasteiger partial charge in [0, 0.05) is 18.1 Å². The van der Waals surface area contributed by atoms with Gasteiger partial charge in [-0.1, -0.05) is 0 Å². The van der Waals surface area contributed by atoms with Crippen molar-refractivity contribution >= 4 is 0 Å². The molecule has 1 aliphatic rings. The van der Waals surface area contributed by atoms with Crippen molar-refractivity contribution in [3.63, 3.8) is 0 Å². The normalized spacial score (nSPS) is 22.6. The molecule has 1 aliphatic carbocycles. The predicted molar refractivity (Wildman–Crippen MR) is 64.0 cm³/mol. The van der Waals surface area contributed by atoms with Crippen LogP contribution in [0.25, 0.3) is 0 Å². The van der Waals surface area contributed by atoms with E-state index in [2.05, 4.69) is 24.3 Å². The van der Waals surface area contributed by atoms with Crippen molar-refractivity contribution in [3.8, 4) is 0 Å². The third kappa shape index (κ3) is 2.92. The lowest BCUT2D eigenvalue weighted by molar-refractivity contribution is 0.0193. The zero-order valence-electron chi connectivity index (χ0n) is 10.8. The molecule has 1 unspecified atom stereocenters. The second kappa shape index (κ2) is 4.40. The van der Waals surface area contributed by atoms with Crippen molar-refractivity contribution in [1.29, 1.82) is 0 Å². The molecule has 2 N–H and O–H groups in total. The predicted octanol–water partition coefficient (Wildman–Crippen LogP) is 1.22. The van der Waals surface area contributed by atoms with E-state index in [0.29, 0.717) is 5.54 Å². The van der Waals surface area contributed by atoms with Crippen molar-refractivity contribution in [1.82, 2.24) is 10.2 Å². The van der Waals surface area contributed by atoms with Gasteiger partial charge in [-0.3, -0.25) is 0 Å². The van der Waals surface area contributed by atoms with Crippen molar-refractivity contribution < 1.29 is 5.11 Å². The Morgan fingerprint density at radius 3 is 2.20 bits per heavy atom. The Morgan fingerprint density at radius 2 is 1.93 bits per heavy atom. The van der Waals surface area contributed by atoms with Crippen LogP contribution in [0, 0.1) is 0 Å². The van der Waals surface area contributed by atoms with Gasteiger partial charge in [0.25, 0.3) is 0 Å². The molecule has 0 radical (unpaired) electrons. The number of likely N-dealkylation sites (N-methyl/N-ethyl adjacent to an activating group) is 1. The number of hydrogen-bond acceptors (Lipinski definition) is 3. The summed E-state index contributed by atoms with van der Waals surface area (Å²) in [5.74, 6) is 0. The van der Waals surface area contributed by atoms with Crippen LogP contribution in [0.4, 0.5) is 0 Å². The minimum atomic E-state index is -0.642. The lowest BCUT2D eigenvalue weighted by Crippen LogP contribution is -2.59. The molecule has 1 atom stereocenters. The van der Waals surface area contributed by atoms with Gasteiger partial charge in [0.2, 0.25) is 0 Å². The minimum Gasteiger partial charge on any atom is -0.389 e. The fourth-order valence-corrected chi connectivity index (χ4v) is 1.96. The molecule has 1 fully saturated rings. The summed E-state index contributed by atoms with van der Waals surface area (Å²) in [4.78, 5) is 2.32. The minimum absolute atomic E-state index is 0.134. The molecule has 3 heteroatoms. The van der Waals surface area contributed by atoms with E-state index in [1.165, 1.54) is 19.3 Å². The van der Waals surface area contributed by atoms with Crippen LogP contribution in [0.1, 0.15) is 40.0 Å². The maximum Gasteiger partial charge on any atom is 0.0741 e. The zero-order chi connectivity index (χ0) is 11.7. The summed E-state index contributed by atoms with van der Waals surface area (Å²) in [6.45, 7) is 6.73. The molecule has 1 rings (SSSR count). The fourth-order valence-electron chi connectivity index (χ4n) is 1.96. The summed E-state index contributed by atoms with van der Waals surface area (Å²) in [6.07, 6.45) is 3.87. The second-order valence-electron chi connectivity index (χ2n) is 5.73. The van der Waals surface area contributed by atoms with Crippen LogP contribution in [0.15, 0.2) is 0 Å². The molecule has 0 spiro atoms. The van der Waals surface area contributed by atoms with E-state index in [1.807, 2.05) is 20.8 Å². The Hall–Kier alpha value is -0.120. The molecule has 0 aromatic rings. The maximum absolute atomic E-state index is 9.84. The molecule has 0 aromatic carbocycles. The first-order chi connectivity index (χ1) is 6.78. The van der Waals surface area contributed by atoms with E-state index in [1.54, 1.807) is 0 Å². The van der Waals surface area contributed by atoms with Gasteiger partial charge in [0.15, 0.2) is 0 Å². The number of nitrogens with zero attached hydrogens (tertiary/aromatic N) is 1. The lowest BCUT2D eigenvalue weighted by Gasteiger charge is -2.48. The molecule has 90 valence electrons. The molecule has 0 heterocycles. The summed E-state index contributed by atoms with van der Waals surface area (Å²) in [6, 6.07) is 0.134. The van der Waals surface area contributed by atoms with Crippen LogP contribution in [0.2, 0.25) is 0 Å². The zero-order valence-corrected chi connectivity index (χ0v) is 10.8. The van der Waals surface area contributed by atoms with Crippen molar-refractivity contribution in [2.75, 3.05) is 20.6 Å². The highest BCUT2D eigenvalue weighted by atomic mass is 16.3. The molecule has 1 saturated carbocycles. The number of hydrogen-bond donors (Lipinski definition) is 2. The topological polar surface area (TPSA) is 35.5 Å². The van der Waals surface area contributed by atoms with E-state index < -0.39 is 5.60 Å². The highest BCUT2D eigenvalue weighted by Gasteiger charge is 2.39. The molecule has 0 aliphatic heterocycles. The standard InChI is InChI=1S/C12H26N2O/c1-10(11(2,3)15)13-9-12(14(4)5)7-6-8-12/h10,13,15H,6-9H2,1-5H3. The third-order valence-electron chi connectivity index (χ3n) is 4.03. The number of rotatable bonds is 5. The highest BCUT2D eigenvalue weighted by molar-refractivity contribution is 4.98. The van der Waals surface area contributed by atoms with E-state index in [4.69, 9.17) is 0 Å². The van der Waals surface area contributed by atoms with E-state index in [9.17, 15) is 5.11 Å². The van der Waals surface area contributed by atoms with Crippen molar-refractivity contribution in [2.45, 2.75) is 57.2 Å². The monoisotopic (exact) mass is 214 g/mol. The Bertz CT molecular complexity index is 204. The van der Waals surface area contributed by atoms with Crippen molar-refractivity contribution in [3.05, 3.63) is 0 Å². The van der Waals surface area contributed by atoms with Gasteiger partial charge >= 0.3 is 0 Å². The Labute approximate surface area is 93.9 Å². The summed E-state index contributed by atoms with van der Waals surface area (Å²) in [5, 5.41) is 13.3. The smallest absolute Gasteiger partial charge is 0.0741 e. The summed E-state index contributed by atoms with van der Waals surface area (Å²) < 4.78 is 0. The molecule has 3 nitrogen and oxygen atoms in total. The fraction of sp³-hybridized carbons (Fsp3) is 1.00. The molecular weight excluding hydrogens is 188 g/mol. The summed E-state index contributed by atoms with van der Waals surface area (Å²) in [5.41, 5.74) is -0.309. The molecular formula is C12H26N2O. The van der Waals surface area contributed by atoms with Gasteiger partial charge < -0.3 is 15.3 Å². The van der Waals surface area contributed by atoms with Gasteiger partial charge in [-0.15, -0.1) is 0 Å². The van der Waals surface area contributed by atoms with Crippen LogP contribution in [-0.4, -0.2) is 47.8 Å². The quantitative estimate of drug-likeness (QED) is 0.722. The maximum atomic E-state index is 9.84. The summed E-state index contributed by atoms with van der Waals surface area (Å²) >= 11 is 0. The first-order valence-electron chi connectivity index (χ1n) is 5.91. The molecule has 15 heavy (non-hydrogen) atoms. The average molecular weight is 214 g/mol. The first kappa shape index (κ1) is 12.9. The molecule has 0 aromatic heterocycles. The Morgan fingerprint density at radius 1 is 1.40 bits per heavy atom. The Kier molecular flexibility index (Phi) is 3.80. The lowest BCUT2D eigenvalue weighted by atomic mass is 9.75. The van der Waals surface area contributed by atoms with Gasteiger partial charge in [0.1, 0.15) is 0 Å². The van der Waals surface area contributed by atoms with Crippen molar-refractivity contribution in [2.24, 2.45) is 0 Å². The van der Waals surface area contributed by atoms with Gasteiger partial charge in [0.05, 0.1) is 5.60 Å². The van der Waals surface area contributed by atoms with Crippen LogP contribution in [-0.2, 0) is 0 Å². The molecule has 0 saturated heterocycles. The van der Waals surface area contributed by atoms with Crippen LogP contribution in [0.5, 0.6) is 0 Å². The largest absolute Gasteiger partial charge is 0.389 e. The van der Waals surface area contributed by atoms with E-state index in [0.717, 1.165) is 6.54 Å². The van der Waals surface area contributed by atoms with Crippen LogP contribution >= 0.6 is 0 Å². The molecule has 0 bridgehead atoms. The van der Waals surface area contributed by atoms with Gasteiger partial charge in [-0.05, 0) is 54.1 Å². The van der Waals surface area contributed by atoms with E-state index >= 15 is 0 Å². The van der Waals surface area contributed by atoms with Gasteiger partial charge in [-0.25, -0.2) is 0 Å². The van der Waals surface area contributed by atoms with Crippen LogP contribution in [0.3, 0.4) is 0 Å². The number of aliphatic hydroxyl groups is 1. The first-order valence-corrected chi connectivity index (χ1v) is 5.91. The summed E-state index contributed by atoms with van der Waals surface area (Å²) in [7, 11) is 4.30. The molecule has 0 amide bonds. The van der Waals surface area contributed by atoms with E-state index in [-0.39, 0.29) is 6.04 Å². The van der Waals surface area contributed by atoms with Gasteiger partial charge in [-0.2, -0.15) is 0 Å². The average Bonchev–Trinajstić information content (AvgIpc) is 1.99. The Balaban J connectivity index is 2.42. The SMILES string of the molecule is CC(NCC1(N(C)C)CCC1)C(C)(C)O. The highest BCUT2D eigenvalue weighted by Crippen LogP contribution is 2.35. The second-order valence-corrected chi connectivity index (χ2v) is 5.73. The number of nitrogens with one attached hydrogen (secondary N) is 1. The van der Waals surface area contributed by atoms with Crippen LogP contribution < -0.4 is 5.32 Å².